The molecule has 0 radical (unpaired) electrons. The Morgan fingerprint density at radius 2 is 2.11 bits per heavy atom. The van der Waals surface area contributed by atoms with E-state index in [1.807, 2.05) is 24.3 Å². The Hall–Kier alpha value is -0.750. The number of hydrogen-bond acceptors (Lipinski definition) is 2. The maximum absolute atomic E-state index is 5.94. The van der Waals surface area contributed by atoms with Gasteiger partial charge in [0.1, 0.15) is 11.9 Å². The van der Waals surface area contributed by atoms with Crippen LogP contribution in [0.1, 0.15) is 5.56 Å². The molecule has 0 aliphatic carbocycles. The van der Waals surface area contributed by atoms with Crippen molar-refractivity contribution < 1.29 is 4.74 Å². The number of ether oxygens (including phenoxy) is 1. The molecule has 0 fully saturated rings. The molecule has 0 spiro atoms. The second-order valence-electron chi connectivity index (χ2n) is 4.56. The van der Waals surface area contributed by atoms with Gasteiger partial charge in [0, 0.05) is 20.2 Å². The zero-order valence-electron chi connectivity index (χ0n) is 10.2. The van der Waals surface area contributed by atoms with Gasteiger partial charge in [0.2, 0.25) is 0 Å². The van der Waals surface area contributed by atoms with Gasteiger partial charge in [-0.15, -0.1) is 0 Å². The Kier molecular flexibility index (Phi) is 3.98. The molecule has 0 aromatic heterocycles. The van der Waals surface area contributed by atoms with Gasteiger partial charge in [-0.2, -0.15) is 0 Å². The summed E-state index contributed by atoms with van der Waals surface area (Å²) in [6.45, 7) is 0.826. The fraction of sp³-hybridized carbons (Fsp3) is 0.200. The summed E-state index contributed by atoms with van der Waals surface area (Å²) in [5.41, 5.74) is 2.45. The second kappa shape index (κ2) is 5.71. The number of fused-ring (bicyclic) bond motifs is 1. The number of anilines is 1. The number of benzene rings is 2. The first-order valence-electron chi connectivity index (χ1n) is 6.16. The number of para-hydroxylation sites is 1. The molecule has 1 unspecified atom stereocenters. The first kappa shape index (κ1) is 13.2. The molecule has 1 aliphatic rings. The lowest BCUT2D eigenvalue weighted by atomic mass is 10.1. The second-order valence-corrected chi connectivity index (χ2v) is 6.63. The van der Waals surface area contributed by atoms with Crippen LogP contribution >= 0.6 is 38.5 Å². The van der Waals surface area contributed by atoms with E-state index in [2.05, 4.69) is 62.0 Å². The monoisotopic (exact) mass is 429 g/mol. The summed E-state index contributed by atoms with van der Waals surface area (Å²) < 4.78 is 8.28. The minimum absolute atomic E-state index is 0.209. The van der Waals surface area contributed by atoms with Crippen molar-refractivity contribution >= 4 is 44.2 Å². The Morgan fingerprint density at radius 1 is 1.26 bits per heavy atom. The van der Waals surface area contributed by atoms with Crippen LogP contribution in [0.2, 0.25) is 0 Å². The third-order valence-corrected chi connectivity index (χ3v) is 4.59. The molecule has 2 nitrogen and oxygen atoms in total. The van der Waals surface area contributed by atoms with E-state index in [1.54, 1.807) is 0 Å². The van der Waals surface area contributed by atoms with Gasteiger partial charge in [0.15, 0.2) is 0 Å². The lowest BCUT2D eigenvalue weighted by molar-refractivity contribution is 0.246. The molecule has 19 heavy (non-hydrogen) atoms. The molecule has 2 aromatic rings. The highest BCUT2D eigenvalue weighted by Crippen LogP contribution is 2.31. The zero-order chi connectivity index (χ0) is 13.2. The summed E-state index contributed by atoms with van der Waals surface area (Å²) in [5, 5.41) is 3.46. The molecule has 1 N–H and O–H groups in total. The molecule has 0 saturated carbocycles. The SMILES string of the molecule is Brc1ccc2c(c1)CC(CNc1ccccc1I)O2. The average Bonchev–Trinajstić information content (AvgIpc) is 2.79. The molecule has 0 amide bonds. The number of nitrogens with one attached hydrogen (secondary N) is 1. The van der Waals surface area contributed by atoms with E-state index in [1.165, 1.54) is 14.8 Å². The van der Waals surface area contributed by atoms with E-state index >= 15 is 0 Å². The first-order chi connectivity index (χ1) is 9.22. The highest BCUT2D eigenvalue weighted by molar-refractivity contribution is 14.1. The summed E-state index contributed by atoms with van der Waals surface area (Å²) in [7, 11) is 0. The summed E-state index contributed by atoms with van der Waals surface area (Å²) >= 11 is 5.84. The largest absolute Gasteiger partial charge is 0.488 e. The minimum atomic E-state index is 0.209. The van der Waals surface area contributed by atoms with Crippen molar-refractivity contribution in [1.82, 2.24) is 0 Å². The number of hydrogen-bond donors (Lipinski definition) is 1. The van der Waals surface area contributed by atoms with Gasteiger partial charge in [-0.05, 0) is 58.5 Å². The standard InChI is InChI=1S/C15H13BrINO/c16-11-5-6-15-10(7-11)8-12(19-15)9-18-14-4-2-1-3-13(14)17/h1-7,12,18H,8-9H2. The van der Waals surface area contributed by atoms with Gasteiger partial charge in [0.05, 0.1) is 6.54 Å². The van der Waals surface area contributed by atoms with Gasteiger partial charge in [-0.1, -0.05) is 28.1 Å². The summed E-state index contributed by atoms with van der Waals surface area (Å²) in [4.78, 5) is 0. The highest BCUT2D eigenvalue weighted by Gasteiger charge is 2.22. The van der Waals surface area contributed by atoms with Crippen LogP contribution in [0.15, 0.2) is 46.9 Å². The first-order valence-corrected chi connectivity index (χ1v) is 8.03. The fourth-order valence-corrected chi connectivity index (χ4v) is 3.22. The van der Waals surface area contributed by atoms with Crippen LogP contribution in [0.25, 0.3) is 0 Å². The van der Waals surface area contributed by atoms with E-state index in [-0.39, 0.29) is 6.10 Å². The van der Waals surface area contributed by atoms with Gasteiger partial charge < -0.3 is 10.1 Å². The maximum atomic E-state index is 5.94. The Balaban J connectivity index is 1.63. The van der Waals surface area contributed by atoms with Crippen molar-refractivity contribution in [2.75, 3.05) is 11.9 Å². The predicted molar refractivity (Wildman–Crippen MR) is 89.9 cm³/mol. The van der Waals surface area contributed by atoms with E-state index in [9.17, 15) is 0 Å². The topological polar surface area (TPSA) is 21.3 Å². The van der Waals surface area contributed by atoms with Crippen LogP contribution in [-0.4, -0.2) is 12.6 Å². The molecule has 0 bridgehead atoms. The molecule has 0 saturated heterocycles. The van der Waals surface area contributed by atoms with Crippen LogP contribution in [0.5, 0.6) is 5.75 Å². The average molecular weight is 430 g/mol. The van der Waals surface area contributed by atoms with Crippen LogP contribution in [0.3, 0.4) is 0 Å². The lowest BCUT2D eigenvalue weighted by Gasteiger charge is -2.13. The molecule has 4 heteroatoms. The number of halogens is 2. The molecule has 2 aromatic carbocycles. The van der Waals surface area contributed by atoms with Crippen molar-refractivity contribution in [2.45, 2.75) is 12.5 Å². The van der Waals surface area contributed by atoms with Crippen LogP contribution in [-0.2, 0) is 6.42 Å². The van der Waals surface area contributed by atoms with Gasteiger partial charge in [-0.3, -0.25) is 0 Å². The quantitative estimate of drug-likeness (QED) is 0.727. The molecular formula is C15H13BrINO. The third-order valence-electron chi connectivity index (χ3n) is 3.16. The van der Waals surface area contributed by atoms with Crippen molar-refractivity contribution in [3.63, 3.8) is 0 Å². The van der Waals surface area contributed by atoms with E-state index < -0.39 is 0 Å². The van der Waals surface area contributed by atoms with Crippen LogP contribution in [0, 0.1) is 3.57 Å². The summed E-state index contributed by atoms with van der Waals surface area (Å²) in [5.74, 6) is 1.01. The van der Waals surface area contributed by atoms with Crippen LogP contribution in [0.4, 0.5) is 5.69 Å². The van der Waals surface area contributed by atoms with Crippen molar-refractivity contribution in [3.05, 3.63) is 56.1 Å². The molecular weight excluding hydrogens is 417 g/mol. The lowest BCUT2D eigenvalue weighted by Crippen LogP contribution is -2.24. The Bertz CT molecular complexity index is 602. The smallest absolute Gasteiger partial charge is 0.123 e. The molecule has 1 heterocycles. The maximum Gasteiger partial charge on any atom is 0.123 e. The van der Waals surface area contributed by atoms with Gasteiger partial charge in [0.25, 0.3) is 0 Å². The Labute approximate surface area is 134 Å². The normalized spacial score (nSPS) is 16.8. The van der Waals surface area contributed by atoms with Crippen molar-refractivity contribution in [1.29, 1.82) is 0 Å². The van der Waals surface area contributed by atoms with E-state index in [0.29, 0.717) is 0 Å². The minimum Gasteiger partial charge on any atom is -0.488 e. The summed E-state index contributed by atoms with van der Waals surface area (Å²) in [6.07, 6.45) is 1.17. The van der Waals surface area contributed by atoms with E-state index in [0.717, 1.165) is 23.2 Å². The summed E-state index contributed by atoms with van der Waals surface area (Å²) in [6, 6.07) is 14.5. The highest BCUT2D eigenvalue weighted by atomic mass is 127. The third kappa shape index (κ3) is 3.05. The predicted octanol–water partition coefficient (Wildman–Crippen LogP) is 4.47. The molecule has 1 atom stereocenters. The van der Waals surface area contributed by atoms with Crippen molar-refractivity contribution in [3.8, 4) is 5.75 Å². The molecule has 3 rings (SSSR count). The fourth-order valence-electron chi connectivity index (χ4n) is 2.23. The zero-order valence-corrected chi connectivity index (χ0v) is 13.9. The van der Waals surface area contributed by atoms with Crippen molar-refractivity contribution in [2.24, 2.45) is 0 Å². The number of rotatable bonds is 3. The van der Waals surface area contributed by atoms with Gasteiger partial charge >= 0.3 is 0 Å². The Morgan fingerprint density at radius 3 is 2.95 bits per heavy atom. The molecule has 98 valence electrons. The molecule has 1 aliphatic heterocycles. The van der Waals surface area contributed by atoms with E-state index in [4.69, 9.17) is 4.74 Å². The van der Waals surface area contributed by atoms with Crippen LogP contribution < -0.4 is 10.1 Å². The van der Waals surface area contributed by atoms with Gasteiger partial charge in [-0.25, -0.2) is 0 Å².